The molecule has 2 aromatic heterocycles. The Hall–Kier alpha value is -3.03. The van der Waals surface area contributed by atoms with Gasteiger partial charge in [-0.2, -0.15) is 5.10 Å². The third-order valence-corrected chi connectivity index (χ3v) is 4.55. The monoisotopic (exact) mass is 337 g/mol. The van der Waals surface area contributed by atoms with Gasteiger partial charge in [0.15, 0.2) is 0 Å². The Morgan fingerprint density at radius 2 is 2.20 bits per heavy atom. The molecule has 1 fully saturated rings. The highest BCUT2D eigenvalue weighted by Gasteiger charge is 2.28. The molecule has 4 rings (SSSR count). The first-order valence-electron chi connectivity index (χ1n) is 8.43. The molecule has 8 heteroatoms. The van der Waals surface area contributed by atoms with Gasteiger partial charge in [0.1, 0.15) is 6.33 Å². The van der Waals surface area contributed by atoms with Gasteiger partial charge in [0.05, 0.1) is 18.3 Å². The zero-order chi connectivity index (χ0) is 17.1. The summed E-state index contributed by atoms with van der Waals surface area (Å²) in [5, 5.41) is 15.4. The number of hydrogen-bond acceptors (Lipinski definition) is 5. The van der Waals surface area contributed by atoms with Crippen LogP contribution in [0.25, 0.3) is 5.69 Å². The first kappa shape index (κ1) is 15.5. The smallest absolute Gasteiger partial charge is 0.254 e. The maximum atomic E-state index is 13.1. The molecule has 1 atom stereocenters. The van der Waals surface area contributed by atoms with Crippen LogP contribution in [0.2, 0.25) is 0 Å². The van der Waals surface area contributed by atoms with Crippen molar-refractivity contribution in [3.05, 3.63) is 54.6 Å². The lowest BCUT2D eigenvalue weighted by Crippen LogP contribution is -2.45. The maximum absolute atomic E-state index is 13.1. The fourth-order valence-electron chi connectivity index (χ4n) is 3.31. The highest BCUT2D eigenvalue weighted by Crippen LogP contribution is 2.22. The number of nitrogens with zero attached hydrogens (tertiary/aromatic N) is 7. The second-order valence-electron chi connectivity index (χ2n) is 6.18. The third-order valence-electron chi connectivity index (χ3n) is 4.55. The maximum Gasteiger partial charge on any atom is 0.254 e. The van der Waals surface area contributed by atoms with Crippen LogP contribution < -0.4 is 0 Å². The Morgan fingerprint density at radius 3 is 3.00 bits per heavy atom. The number of tetrazole rings is 1. The predicted molar refractivity (Wildman–Crippen MR) is 90.1 cm³/mol. The molecule has 0 bridgehead atoms. The van der Waals surface area contributed by atoms with Crippen molar-refractivity contribution in [3.63, 3.8) is 0 Å². The third kappa shape index (κ3) is 3.28. The fraction of sp³-hybridized carbons (Fsp3) is 0.353. The van der Waals surface area contributed by atoms with Crippen LogP contribution in [-0.4, -0.2) is 53.4 Å². The largest absolute Gasteiger partial charge is 0.334 e. The quantitative estimate of drug-likeness (QED) is 0.721. The highest BCUT2D eigenvalue weighted by molar-refractivity contribution is 5.95. The van der Waals surface area contributed by atoms with Gasteiger partial charge in [-0.1, -0.05) is 6.07 Å². The lowest BCUT2D eigenvalue weighted by Gasteiger charge is -2.35. The molecule has 0 N–H and O–H groups in total. The van der Waals surface area contributed by atoms with Crippen molar-refractivity contribution in [2.45, 2.75) is 31.8 Å². The second kappa shape index (κ2) is 6.84. The number of carbonyl (C=O) groups is 1. The molecule has 25 heavy (non-hydrogen) atoms. The normalized spacial score (nSPS) is 17.6. The van der Waals surface area contributed by atoms with Crippen molar-refractivity contribution in [3.8, 4) is 5.69 Å². The summed E-state index contributed by atoms with van der Waals surface area (Å²) >= 11 is 0. The van der Waals surface area contributed by atoms with Crippen molar-refractivity contribution in [1.29, 1.82) is 0 Å². The van der Waals surface area contributed by atoms with Crippen LogP contribution in [0.5, 0.6) is 0 Å². The predicted octanol–water partition coefficient (Wildman–Crippen LogP) is 1.55. The van der Waals surface area contributed by atoms with E-state index in [-0.39, 0.29) is 11.9 Å². The molecule has 0 unspecified atom stereocenters. The average Bonchev–Trinajstić information content (AvgIpc) is 3.36. The van der Waals surface area contributed by atoms with Gasteiger partial charge < -0.3 is 4.90 Å². The number of piperidine rings is 1. The van der Waals surface area contributed by atoms with E-state index in [1.807, 2.05) is 46.1 Å². The Labute approximate surface area is 145 Å². The number of rotatable bonds is 4. The van der Waals surface area contributed by atoms with E-state index < -0.39 is 0 Å². The molecule has 8 nitrogen and oxygen atoms in total. The van der Waals surface area contributed by atoms with Crippen molar-refractivity contribution >= 4 is 5.91 Å². The van der Waals surface area contributed by atoms with Crippen LogP contribution in [0.1, 0.15) is 29.6 Å². The Bertz CT molecular complexity index is 829. The molecule has 128 valence electrons. The summed E-state index contributed by atoms with van der Waals surface area (Å²) in [6.45, 7) is 1.51. The van der Waals surface area contributed by atoms with E-state index >= 15 is 0 Å². The van der Waals surface area contributed by atoms with Crippen LogP contribution in [0.15, 0.2) is 49.1 Å². The lowest BCUT2D eigenvalue weighted by atomic mass is 10.0. The summed E-state index contributed by atoms with van der Waals surface area (Å²) in [5.74, 6) is 0.0479. The summed E-state index contributed by atoms with van der Waals surface area (Å²) in [6.07, 6.45) is 8.40. The molecule has 1 aliphatic heterocycles. The molecule has 0 spiro atoms. The lowest BCUT2D eigenvalue weighted by molar-refractivity contribution is 0.0584. The number of carbonyl (C=O) groups excluding carboxylic acids is 1. The summed E-state index contributed by atoms with van der Waals surface area (Å²) < 4.78 is 3.45. The van der Waals surface area contributed by atoms with Crippen molar-refractivity contribution < 1.29 is 4.79 Å². The topological polar surface area (TPSA) is 81.7 Å². The minimum atomic E-state index is 0.0479. The number of amides is 1. The molecule has 0 aliphatic carbocycles. The van der Waals surface area contributed by atoms with Gasteiger partial charge in [-0.15, -0.1) is 5.10 Å². The van der Waals surface area contributed by atoms with Crippen LogP contribution >= 0.6 is 0 Å². The van der Waals surface area contributed by atoms with Gasteiger partial charge in [-0.3, -0.25) is 9.48 Å². The molecular weight excluding hydrogens is 318 g/mol. The molecule has 1 aromatic carbocycles. The van der Waals surface area contributed by atoms with Crippen LogP contribution in [0.3, 0.4) is 0 Å². The standard InChI is InChI=1S/C17H19N7O/c25-17(14-5-3-7-15(11-14)24-13-18-20-21-24)23-10-2-1-6-16(23)12-22-9-4-8-19-22/h3-5,7-9,11,13,16H,1-2,6,10,12H2/t16-/m0/s1. The Balaban J connectivity index is 1.57. The van der Waals surface area contributed by atoms with E-state index in [9.17, 15) is 4.79 Å². The minimum Gasteiger partial charge on any atom is -0.334 e. The number of hydrogen-bond donors (Lipinski definition) is 0. The van der Waals surface area contributed by atoms with Gasteiger partial charge in [0.2, 0.25) is 0 Å². The molecule has 3 aromatic rings. The minimum absolute atomic E-state index is 0.0479. The van der Waals surface area contributed by atoms with Crippen LogP contribution in [0, 0.1) is 0 Å². The number of benzene rings is 1. The van der Waals surface area contributed by atoms with E-state index in [1.165, 1.54) is 6.33 Å². The van der Waals surface area contributed by atoms with Gasteiger partial charge in [-0.05, 0) is 54.0 Å². The summed E-state index contributed by atoms with van der Waals surface area (Å²) in [5.41, 5.74) is 1.43. The Morgan fingerprint density at radius 1 is 1.24 bits per heavy atom. The second-order valence-corrected chi connectivity index (χ2v) is 6.18. The molecule has 0 saturated carbocycles. The van der Waals surface area contributed by atoms with Gasteiger partial charge in [-0.25, -0.2) is 4.68 Å². The van der Waals surface area contributed by atoms with Gasteiger partial charge in [0.25, 0.3) is 5.91 Å². The zero-order valence-electron chi connectivity index (χ0n) is 13.8. The number of likely N-dealkylation sites (tertiary alicyclic amines) is 1. The molecule has 1 amide bonds. The summed E-state index contributed by atoms with van der Waals surface area (Å²) in [6, 6.07) is 9.48. The van der Waals surface area contributed by atoms with E-state index in [0.29, 0.717) is 5.56 Å². The van der Waals surface area contributed by atoms with Crippen LogP contribution in [0.4, 0.5) is 0 Å². The molecular formula is C17H19N7O. The SMILES string of the molecule is O=C(c1cccc(-n2cnnn2)c1)N1CCCC[C@H]1Cn1cccn1. The molecule has 1 saturated heterocycles. The zero-order valence-corrected chi connectivity index (χ0v) is 13.8. The first-order chi connectivity index (χ1) is 12.3. The van der Waals surface area contributed by atoms with E-state index in [2.05, 4.69) is 20.6 Å². The fourth-order valence-corrected chi connectivity index (χ4v) is 3.31. The first-order valence-corrected chi connectivity index (χ1v) is 8.43. The molecule has 1 aliphatic rings. The van der Waals surface area contributed by atoms with E-state index in [0.717, 1.165) is 38.0 Å². The average molecular weight is 337 g/mol. The van der Waals surface area contributed by atoms with Gasteiger partial charge in [0, 0.05) is 24.5 Å². The summed E-state index contributed by atoms with van der Waals surface area (Å²) in [4.78, 5) is 15.1. The molecule has 3 heterocycles. The highest BCUT2D eigenvalue weighted by atomic mass is 16.2. The van der Waals surface area contributed by atoms with E-state index in [1.54, 1.807) is 10.9 Å². The van der Waals surface area contributed by atoms with E-state index in [4.69, 9.17) is 0 Å². The van der Waals surface area contributed by atoms with Crippen LogP contribution in [-0.2, 0) is 6.54 Å². The van der Waals surface area contributed by atoms with Crippen molar-refractivity contribution in [2.24, 2.45) is 0 Å². The van der Waals surface area contributed by atoms with Gasteiger partial charge >= 0.3 is 0 Å². The number of aromatic nitrogens is 6. The van der Waals surface area contributed by atoms with Crippen molar-refractivity contribution in [2.75, 3.05) is 6.54 Å². The van der Waals surface area contributed by atoms with Crippen molar-refractivity contribution in [1.82, 2.24) is 34.9 Å². The molecule has 0 radical (unpaired) electrons. The Kier molecular flexibility index (Phi) is 4.24. The summed E-state index contributed by atoms with van der Waals surface area (Å²) in [7, 11) is 0.